The van der Waals surface area contributed by atoms with Gasteiger partial charge in [0.2, 0.25) is 0 Å². The van der Waals surface area contributed by atoms with Crippen LogP contribution in [0.4, 0.5) is 5.69 Å². The fourth-order valence-electron chi connectivity index (χ4n) is 1.98. The van der Waals surface area contributed by atoms with Crippen molar-refractivity contribution >= 4 is 41.6 Å². The fourth-order valence-corrected chi connectivity index (χ4v) is 1.98. The van der Waals surface area contributed by atoms with E-state index in [9.17, 15) is 4.79 Å². The number of guanidine groups is 1. The van der Waals surface area contributed by atoms with Gasteiger partial charge in [0.15, 0.2) is 17.5 Å². The highest BCUT2D eigenvalue weighted by Gasteiger charge is 2.16. The van der Waals surface area contributed by atoms with Gasteiger partial charge in [0, 0.05) is 18.3 Å². The number of hydrogen-bond donors (Lipinski definition) is 2. The number of nitrogens with zero attached hydrogens (tertiary/aromatic N) is 1. The van der Waals surface area contributed by atoms with Gasteiger partial charge in [-0.25, -0.2) is 4.99 Å². The zero-order valence-electron chi connectivity index (χ0n) is 16.3. The second kappa shape index (κ2) is 11.8. The number of methoxy groups -OCH3 is 1. The SMILES string of the molecule is CCNC(=NCC(=O)OC(C)(C)C)Nc1ccc(OCC)c(OC)c1.I. The highest BCUT2D eigenvalue weighted by molar-refractivity contribution is 14.0. The number of benzene rings is 1. The van der Waals surface area contributed by atoms with Crippen LogP contribution in [-0.2, 0) is 9.53 Å². The largest absolute Gasteiger partial charge is 0.493 e. The molecule has 1 aromatic rings. The number of halogens is 1. The molecule has 1 rings (SSSR count). The van der Waals surface area contributed by atoms with Gasteiger partial charge in [-0.15, -0.1) is 24.0 Å². The van der Waals surface area contributed by atoms with Crippen molar-refractivity contribution in [3.8, 4) is 11.5 Å². The van der Waals surface area contributed by atoms with Crippen LogP contribution in [-0.4, -0.2) is 44.3 Å². The predicted octanol–water partition coefficient (Wildman–Crippen LogP) is 3.43. The maximum Gasteiger partial charge on any atom is 0.328 e. The summed E-state index contributed by atoms with van der Waals surface area (Å²) in [5.74, 6) is 1.40. The molecule has 0 aromatic heterocycles. The monoisotopic (exact) mass is 479 g/mol. The Morgan fingerprint density at radius 3 is 2.42 bits per heavy atom. The second-order valence-corrected chi connectivity index (χ2v) is 6.21. The lowest BCUT2D eigenvalue weighted by molar-refractivity contribution is -0.152. The molecule has 1 aromatic carbocycles. The number of anilines is 1. The molecule has 0 saturated carbocycles. The predicted molar refractivity (Wildman–Crippen MR) is 115 cm³/mol. The average Bonchev–Trinajstić information content (AvgIpc) is 2.53. The van der Waals surface area contributed by atoms with Crippen LogP contribution in [0.25, 0.3) is 0 Å². The Bertz CT molecular complexity index is 601. The Morgan fingerprint density at radius 1 is 1.19 bits per heavy atom. The van der Waals surface area contributed by atoms with Gasteiger partial charge < -0.3 is 24.8 Å². The Balaban J connectivity index is 0.00000625. The molecule has 2 N–H and O–H groups in total. The summed E-state index contributed by atoms with van der Waals surface area (Å²) in [5, 5.41) is 6.22. The molecule has 0 spiro atoms. The first kappa shape index (κ1) is 24.3. The summed E-state index contributed by atoms with van der Waals surface area (Å²) in [6.45, 7) is 10.5. The lowest BCUT2D eigenvalue weighted by Gasteiger charge is -2.19. The van der Waals surface area contributed by atoms with Gasteiger partial charge in [0.05, 0.1) is 13.7 Å². The number of esters is 1. The summed E-state index contributed by atoms with van der Waals surface area (Å²) in [6.07, 6.45) is 0. The third-order valence-corrected chi connectivity index (χ3v) is 2.86. The van der Waals surface area contributed by atoms with E-state index in [0.29, 0.717) is 30.6 Å². The van der Waals surface area contributed by atoms with Crippen LogP contribution < -0.4 is 20.1 Å². The quantitative estimate of drug-likeness (QED) is 0.270. The number of hydrogen-bond acceptors (Lipinski definition) is 5. The Labute approximate surface area is 172 Å². The average molecular weight is 479 g/mol. The minimum atomic E-state index is -0.527. The first-order valence-electron chi connectivity index (χ1n) is 8.37. The maximum atomic E-state index is 11.8. The van der Waals surface area contributed by atoms with Crippen molar-refractivity contribution in [1.29, 1.82) is 0 Å². The zero-order chi connectivity index (χ0) is 18.9. The molecule has 0 saturated heterocycles. The highest BCUT2D eigenvalue weighted by Crippen LogP contribution is 2.30. The van der Waals surface area contributed by atoms with E-state index in [-0.39, 0.29) is 36.5 Å². The van der Waals surface area contributed by atoms with Crippen LogP contribution in [0.5, 0.6) is 11.5 Å². The molecule has 0 heterocycles. The van der Waals surface area contributed by atoms with Gasteiger partial charge in [-0.05, 0) is 46.8 Å². The molecule has 7 nitrogen and oxygen atoms in total. The summed E-state index contributed by atoms with van der Waals surface area (Å²) < 4.78 is 16.1. The van der Waals surface area contributed by atoms with E-state index in [0.717, 1.165) is 5.69 Å². The van der Waals surface area contributed by atoms with E-state index in [2.05, 4.69) is 15.6 Å². The first-order chi connectivity index (χ1) is 11.8. The lowest BCUT2D eigenvalue weighted by Crippen LogP contribution is -2.32. The van der Waals surface area contributed by atoms with Crippen molar-refractivity contribution in [1.82, 2.24) is 5.32 Å². The molecule has 8 heteroatoms. The topological polar surface area (TPSA) is 81.2 Å². The van der Waals surface area contributed by atoms with Crippen LogP contribution >= 0.6 is 24.0 Å². The summed E-state index contributed by atoms with van der Waals surface area (Å²) >= 11 is 0. The lowest BCUT2D eigenvalue weighted by atomic mass is 10.2. The third kappa shape index (κ3) is 9.12. The minimum Gasteiger partial charge on any atom is -0.493 e. The van der Waals surface area contributed by atoms with E-state index >= 15 is 0 Å². The van der Waals surface area contributed by atoms with Crippen LogP contribution in [0.3, 0.4) is 0 Å². The molecule has 0 bridgehead atoms. The molecule has 0 radical (unpaired) electrons. The molecule has 0 atom stereocenters. The van der Waals surface area contributed by atoms with Gasteiger partial charge in [0.25, 0.3) is 0 Å². The standard InChI is InChI=1S/C18H29N3O4.HI/c1-7-19-17(20-12-16(22)25-18(3,4)5)21-13-9-10-14(24-8-2)15(11-13)23-6;/h9-11H,7-8,12H2,1-6H3,(H2,19,20,21);1H. The number of rotatable bonds is 7. The molecule has 0 fully saturated rings. The summed E-state index contributed by atoms with van der Waals surface area (Å²) in [4.78, 5) is 16.1. The van der Waals surface area contributed by atoms with Crippen molar-refractivity contribution in [3.05, 3.63) is 18.2 Å². The fraction of sp³-hybridized carbons (Fsp3) is 0.556. The van der Waals surface area contributed by atoms with E-state index in [1.54, 1.807) is 7.11 Å². The van der Waals surface area contributed by atoms with Crippen molar-refractivity contribution in [2.75, 3.05) is 32.1 Å². The molecule has 0 aliphatic heterocycles. The molecule has 0 amide bonds. The van der Waals surface area contributed by atoms with Crippen molar-refractivity contribution < 1.29 is 19.0 Å². The molecule has 0 aliphatic rings. The Morgan fingerprint density at radius 2 is 1.88 bits per heavy atom. The maximum absolute atomic E-state index is 11.8. The van der Waals surface area contributed by atoms with Gasteiger partial charge in [-0.1, -0.05) is 0 Å². The van der Waals surface area contributed by atoms with Crippen LogP contribution in [0.15, 0.2) is 23.2 Å². The normalized spacial score (nSPS) is 11.2. The van der Waals surface area contributed by atoms with Gasteiger partial charge in [0.1, 0.15) is 12.1 Å². The van der Waals surface area contributed by atoms with Gasteiger partial charge >= 0.3 is 5.97 Å². The first-order valence-corrected chi connectivity index (χ1v) is 8.37. The smallest absolute Gasteiger partial charge is 0.328 e. The number of carbonyl (C=O) groups excluding carboxylic acids is 1. The van der Waals surface area contributed by atoms with E-state index in [1.807, 2.05) is 52.8 Å². The van der Waals surface area contributed by atoms with Crippen molar-refractivity contribution in [2.24, 2.45) is 4.99 Å². The number of aliphatic imine (C=N–C) groups is 1. The second-order valence-electron chi connectivity index (χ2n) is 6.21. The molecule has 0 aliphatic carbocycles. The molecular formula is C18H30IN3O4. The molecule has 148 valence electrons. The molecular weight excluding hydrogens is 449 g/mol. The van der Waals surface area contributed by atoms with E-state index < -0.39 is 5.60 Å². The summed E-state index contributed by atoms with van der Waals surface area (Å²) in [7, 11) is 1.59. The molecule has 26 heavy (non-hydrogen) atoms. The van der Waals surface area contributed by atoms with E-state index in [1.165, 1.54) is 0 Å². The molecule has 0 unspecified atom stereocenters. The van der Waals surface area contributed by atoms with Crippen molar-refractivity contribution in [2.45, 2.75) is 40.2 Å². The minimum absolute atomic E-state index is 0. The third-order valence-electron chi connectivity index (χ3n) is 2.86. The Hall–Kier alpha value is -1.71. The van der Waals surface area contributed by atoms with Crippen LogP contribution in [0, 0.1) is 0 Å². The zero-order valence-corrected chi connectivity index (χ0v) is 18.7. The van der Waals surface area contributed by atoms with Crippen LogP contribution in [0.1, 0.15) is 34.6 Å². The highest BCUT2D eigenvalue weighted by atomic mass is 127. The van der Waals surface area contributed by atoms with Crippen molar-refractivity contribution in [3.63, 3.8) is 0 Å². The summed E-state index contributed by atoms with van der Waals surface area (Å²) in [5.41, 5.74) is 0.241. The summed E-state index contributed by atoms with van der Waals surface area (Å²) in [6, 6.07) is 5.49. The van der Waals surface area contributed by atoms with E-state index in [4.69, 9.17) is 14.2 Å². The van der Waals surface area contributed by atoms with Gasteiger partial charge in [-0.2, -0.15) is 0 Å². The number of nitrogens with one attached hydrogen (secondary N) is 2. The van der Waals surface area contributed by atoms with Crippen LogP contribution in [0.2, 0.25) is 0 Å². The number of carbonyl (C=O) groups is 1. The Kier molecular flexibility index (Phi) is 11.0. The van der Waals surface area contributed by atoms with Gasteiger partial charge in [-0.3, -0.25) is 4.79 Å². The number of ether oxygens (including phenoxy) is 3.